The lowest BCUT2D eigenvalue weighted by molar-refractivity contribution is 0.102. The lowest BCUT2D eigenvalue weighted by Gasteiger charge is -2.07. The molecule has 1 heterocycles. The van der Waals surface area contributed by atoms with Gasteiger partial charge in [0.2, 0.25) is 0 Å². The van der Waals surface area contributed by atoms with Crippen LogP contribution >= 0.6 is 0 Å². The molecule has 1 N–H and O–H groups in total. The summed E-state index contributed by atoms with van der Waals surface area (Å²) < 4.78 is 1.78. The van der Waals surface area contributed by atoms with Gasteiger partial charge in [0.1, 0.15) is 12.7 Å². The molecule has 0 unspecified atom stereocenters. The van der Waals surface area contributed by atoms with Crippen molar-refractivity contribution >= 4 is 11.6 Å². The number of rotatable bonds is 4. The number of aryl methyl sites for hydroxylation is 1. The van der Waals surface area contributed by atoms with Crippen LogP contribution in [0.25, 0.3) is 5.69 Å². The number of hydrogen-bond donors (Lipinski definition) is 1. The standard InChI is InChI=1S/C17H16N4O/c1-2-13-3-7-15(8-4-13)20-17(22)14-5-9-16(10-6-14)21-11-18-19-12-21/h3-12H,2H2,1H3,(H,20,22). The van der Waals surface area contributed by atoms with Gasteiger partial charge in [-0.2, -0.15) is 0 Å². The normalized spacial score (nSPS) is 10.4. The number of carbonyl (C=O) groups excluding carboxylic acids is 1. The highest BCUT2D eigenvalue weighted by Crippen LogP contribution is 2.13. The molecule has 1 amide bonds. The quantitative estimate of drug-likeness (QED) is 0.804. The van der Waals surface area contributed by atoms with E-state index in [0.29, 0.717) is 5.56 Å². The highest BCUT2D eigenvalue weighted by atomic mass is 16.1. The van der Waals surface area contributed by atoms with Crippen molar-refractivity contribution in [2.24, 2.45) is 0 Å². The summed E-state index contributed by atoms with van der Waals surface area (Å²) in [5, 5.41) is 10.4. The fourth-order valence-electron chi connectivity index (χ4n) is 2.15. The predicted molar refractivity (Wildman–Crippen MR) is 85.1 cm³/mol. The minimum Gasteiger partial charge on any atom is -0.322 e. The van der Waals surface area contributed by atoms with Crippen LogP contribution in [0.2, 0.25) is 0 Å². The minimum absolute atomic E-state index is 0.125. The summed E-state index contributed by atoms with van der Waals surface area (Å²) in [4.78, 5) is 12.2. The van der Waals surface area contributed by atoms with Gasteiger partial charge in [-0.3, -0.25) is 9.36 Å². The van der Waals surface area contributed by atoms with Crippen molar-refractivity contribution in [2.45, 2.75) is 13.3 Å². The number of anilines is 1. The van der Waals surface area contributed by atoms with Gasteiger partial charge in [-0.1, -0.05) is 19.1 Å². The molecule has 5 nitrogen and oxygen atoms in total. The third-order valence-electron chi connectivity index (χ3n) is 3.47. The number of aromatic nitrogens is 3. The summed E-state index contributed by atoms with van der Waals surface area (Å²) in [6, 6.07) is 15.2. The van der Waals surface area contributed by atoms with Crippen LogP contribution < -0.4 is 5.32 Å². The van der Waals surface area contributed by atoms with E-state index >= 15 is 0 Å². The number of carbonyl (C=O) groups is 1. The van der Waals surface area contributed by atoms with Gasteiger partial charge in [0.25, 0.3) is 5.91 Å². The second kappa shape index (κ2) is 6.22. The van der Waals surface area contributed by atoms with Crippen molar-refractivity contribution < 1.29 is 4.79 Å². The molecule has 0 fully saturated rings. The van der Waals surface area contributed by atoms with Crippen molar-refractivity contribution in [3.05, 3.63) is 72.3 Å². The average Bonchev–Trinajstić information content (AvgIpc) is 3.10. The van der Waals surface area contributed by atoms with E-state index in [-0.39, 0.29) is 5.91 Å². The Bertz CT molecular complexity index is 746. The van der Waals surface area contributed by atoms with E-state index in [0.717, 1.165) is 17.8 Å². The first-order valence-corrected chi connectivity index (χ1v) is 7.11. The number of nitrogens with one attached hydrogen (secondary N) is 1. The van der Waals surface area contributed by atoms with Crippen LogP contribution in [0.3, 0.4) is 0 Å². The first-order valence-electron chi connectivity index (χ1n) is 7.11. The topological polar surface area (TPSA) is 59.8 Å². The molecule has 5 heteroatoms. The number of amides is 1. The predicted octanol–water partition coefficient (Wildman–Crippen LogP) is 3.08. The molecule has 0 bridgehead atoms. The van der Waals surface area contributed by atoms with Crippen molar-refractivity contribution in [3.8, 4) is 5.69 Å². The van der Waals surface area contributed by atoms with Crippen molar-refractivity contribution in [3.63, 3.8) is 0 Å². The lowest BCUT2D eigenvalue weighted by Crippen LogP contribution is -2.11. The molecule has 3 aromatic rings. The van der Waals surface area contributed by atoms with Gasteiger partial charge in [-0.05, 0) is 48.4 Å². The van der Waals surface area contributed by atoms with E-state index in [4.69, 9.17) is 0 Å². The summed E-state index contributed by atoms with van der Waals surface area (Å²) >= 11 is 0. The van der Waals surface area contributed by atoms with E-state index in [1.54, 1.807) is 29.4 Å². The van der Waals surface area contributed by atoms with Crippen LogP contribution in [0.1, 0.15) is 22.8 Å². The van der Waals surface area contributed by atoms with Crippen LogP contribution in [0, 0.1) is 0 Å². The Morgan fingerprint density at radius 3 is 2.23 bits per heavy atom. The van der Waals surface area contributed by atoms with Gasteiger partial charge in [-0.25, -0.2) is 0 Å². The van der Waals surface area contributed by atoms with Gasteiger partial charge >= 0.3 is 0 Å². The third-order valence-corrected chi connectivity index (χ3v) is 3.47. The summed E-state index contributed by atoms with van der Waals surface area (Å²) in [7, 11) is 0. The maximum Gasteiger partial charge on any atom is 0.255 e. The lowest BCUT2D eigenvalue weighted by atomic mass is 10.1. The van der Waals surface area contributed by atoms with Crippen molar-refractivity contribution in [1.82, 2.24) is 14.8 Å². The monoisotopic (exact) mass is 292 g/mol. The Hall–Kier alpha value is -2.95. The van der Waals surface area contributed by atoms with Crippen LogP contribution in [0.15, 0.2) is 61.2 Å². The van der Waals surface area contributed by atoms with E-state index in [1.165, 1.54) is 5.56 Å². The van der Waals surface area contributed by atoms with Crippen LogP contribution in [0.4, 0.5) is 5.69 Å². The number of hydrogen-bond acceptors (Lipinski definition) is 3. The molecule has 0 spiro atoms. The third kappa shape index (κ3) is 3.03. The Morgan fingerprint density at radius 2 is 1.64 bits per heavy atom. The second-order valence-electron chi connectivity index (χ2n) is 4.92. The molecule has 3 rings (SSSR count). The second-order valence-corrected chi connectivity index (χ2v) is 4.92. The molecule has 0 saturated heterocycles. The first kappa shape index (κ1) is 14.0. The molecule has 0 aliphatic rings. The van der Waals surface area contributed by atoms with Gasteiger partial charge < -0.3 is 5.32 Å². The largest absolute Gasteiger partial charge is 0.322 e. The minimum atomic E-state index is -0.125. The van der Waals surface area contributed by atoms with Crippen LogP contribution in [0.5, 0.6) is 0 Å². The molecule has 0 aliphatic heterocycles. The molecule has 0 aliphatic carbocycles. The van der Waals surface area contributed by atoms with Gasteiger partial charge in [0.15, 0.2) is 0 Å². The summed E-state index contributed by atoms with van der Waals surface area (Å²) in [5.41, 5.74) is 3.56. The highest BCUT2D eigenvalue weighted by molar-refractivity contribution is 6.04. The smallest absolute Gasteiger partial charge is 0.255 e. The molecule has 0 atom stereocenters. The Kier molecular flexibility index (Phi) is 3.96. The molecule has 1 aromatic heterocycles. The zero-order valence-corrected chi connectivity index (χ0v) is 12.2. The highest BCUT2D eigenvalue weighted by Gasteiger charge is 2.06. The van der Waals surface area contributed by atoms with E-state index in [1.807, 2.05) is 36.4 Å². The molecular formula is C17H16N4O. The molecule has 0 radical (unpaired) electrons. The zero-order valence-electron chi connectivity index (χ0n) is 12.2. The first-order chi connectivity index (χ1) is 10.8. The maximum atomic E-state index is 12.2. The van der Waals surface area contributed by atoms with Gasteiger partial charge in [-0.15, -0.1) is 10.2 Å². The average molecular weight is 292 g/mol. The molecule has 2 aromatic carbocycles. The summed E-state index contributed by atoms with van der Waals surface area (Å²) in [5.74, 6) is -0.125. The number of benzene rings is 2. The van der Waals surface area contributed by atoms with Crippen molar-refractivity contribution in [1.29, 1.82) is 0 Å². The SMILES string of the molecule is CCc1ccc(NC(=O)c2ccc(-n3cnnc3)cc2)cc1. The molecule has 0 saturated carbocycles. The fraction of sp³-hybridized carbons (Fsp3) is 0.118. The summed E-state index contributed by atoms with van der Waals surface area (Å²) in [6.45, 7) is 2.10. The molecular weight excluding hydrogens is 276 g/mol. The summed E-state index contributed by atoms with van der Waals surface area (Å²) in [6.07, 6.45) is 4.22. The molecule has 22 heavy (non-hydrogen) atoms. The van der Waals surface area contributed by atoms with Gasteiger partial charge in [0, 0.05) is 16.9 Å². The Labute approximate surface area is 128 Å². The van der Waals surface area contributed by atoms with Gasteiger partial charge in [0.05, 0.1) is 0 Å². The number of nitrogens with zero attached hydrogens (tertiary/aromatic N) is 3. The zero-order chi connectivity index (χ0) is 15.4. The van der Waals surface area contributed by atoms with Crippen LogP contribution in [-0.4, -0.2) is 20.7 Å². The molecule has 110 valence electrons. The van der Waals surface area contributed by atoms with Crippen molar-refractivity contribution in [2.75, 3.05) is 5.32 Å². The van der Waals surface area contributed by atoms with Crippen LogP contribution in [-0.2, 0) is 6.42 Å². The fourth-order valence-corrected chi connectivity index (χ4v) is 2.15. The Morgan fingerprint density at radius 1 is 1.00 bits per heavy atom. The maximum absolute atomic E-state index is 12.2. The van der Waals surface area contributed by atoms with E-state index in [2.05, 4.69) is 22.4 Å². The van der Waals surface area contributed by atoms with E-state index < -0.39 is 0 Å². The Balaban J connectivity index is 1.71. The van der Waals surface area contributed by atoms with E-state index in [9.17, 15) is 4.79 Å².